The molecule has 40 heavy (non-hydrogen) atoms. The van der Waals surface area contributed by atoms with Crippen LogP contribution in [-0.2, 0) is 17.8 Å². The third-order valence-electron chi connectivity index (χ3n) is 6.61. The molecule has 4 aromatic rings. The molecule has 1 amide bonds. The Morgan fingerprint density at radius 1 is 1.23 bits per heavy atom. The Balaban J connectivity index is 1.57. The number of hydrogen-bond acceptors (Lipinski definition) is 7. The van der Waals surface area contributed by atoms with Crippen LogP contribution in [0.3, 0.4) is 0 Å². The molecule has 1 fully saturated rings. The highest BCUT2D eigenvalue weighted by Gasteiger charge is 2.30. The van der Waals surface area contributed by atoms with Crippen molar-refractivity contribution in [1.29, 1.82) is 0 Å². The molecule has 5 rings (SSSR count). The van der Waals surface area contributed by atoms with E-state index in [4.69, 9.17) is 30.8 Å². The van der Waals surface area contributed by atoms with Crippen LogP contribution in [0.25, 0.3) is 22.3 Å². The number of benzene rings is 3. The number of carbonyl (C=O) groups excluding carboxylic acids is 1. The Bertz CT molecular complexity index is 1590. The number of nitrogens with one attached hydrogen (secondary N) is 1. The second-order valence-corrected chi connectivity index (χ2v) is 10.7. The summed E-state index contributed by atoms with van der Waals surface area (Å²) in [5.74, 6) is -0.127. The maximum absolute atomic E-state index is 13.6. The van der Waals surface area contributed by atoms with Crippen LogP contribution in [0, 0.1) is 5.82 Å². The monoisotopic (exact) mass is 585 g/mol. The van der Waals surface area contributed by atoms with Gasteiger partial charge in [0.15, 0.2) is 0 Å². The van der Waals surface area contributed by atoms with Crippen LogP contribution >= 0.6 is 11.6 Å². The minimum absolute atomic E-state index is 0.0361. The number of carbonyl (C=O) groups is 1. The summed E-state index contributed by atoms with van der Waals surface area (Å²) in [6, 6.07) is 13.6. The number of hydrogen-bond donors (Lipinski definition) is 3. The highest BCUT2D eigenvalue weighted by Crippen LogP contribution is 2.45. The predicted molar refractivity (Wildman–Crippen MR) is 149 cm³/mol. The molecule has 0 radical (unpaired) electrons. The average molecular weight is 586 g/mol. The first-order valence-corrected chi connectivity index (χ1v) is 13.8. The van der Waals surface area contributed by atoms with Crippen molar-refractivity contribution in [3.63, 3.8) is 0 Å². The Kier molecular flexibility index (Phi) is 8.15. The van der Waals surface area contributed by atoms with Crippen LogP contribution in [0.1, 0.15) is 40.2 Å². The van der Waals surface area contributed by atoms with Crippen molar-refractivity contribution < 1.29 is 37.1 Å². The van der Waals surface area contributed by atoms with E-state index in [0.29, 0.717) is 27.7 Å². The molecule has 3 aromatic carbocycles. The Morgan fingerprint density at radius 2 is 1.95 bits per heavy atom. The van der Waals surface area contributed by atoms with Crippen molar-refractivity contribution in [3.8, 4) is 17.1 Å². The predicted octanol–water partition coefficient (Wildman–Crippen LogP) is 4.32. The van der Waals surface area contributed by atoms with Gasteiger partial charge in [-0.2, -0.15) is 0 Å². The first-order valence-electron chi connectivity index (χ1n) is 12.4. The van der Waals surface area contributed by atoms with Crippen LogP contribution in [0.2, 0.25) is 5.02 Å². The highest BCUT2D eigenvalue weighted by atomic mass is 35.5. The number of furan rings is 1. The van der Waals surface area contributed by atoms with Gasteiger partial charge in [-0.25, -0.2) is 4.39 Å². The minimum atomic E-state index is -2.68. The number of nitrogens with zero attached hydrogens (tertiary/aromatic N) is 1. The van der Waals surface area contributed by atoms with Gasteiger partial charge in [0.25, 0.3) is 5.91 Å². The van der Waals surface area contributed by atoms with Crippen LogP contribution < -0.4 is 14.4 Å². The number of halogens is 2. The molecular formula is C27H24BClFN2O7S-. The van der Waals surface area contributed by atoms with Crippen LogP contribution in [0.15, 0.2) is 59.0 Å². The van der Waals surface area contributed by atoms with Crippen molar-refractivity contribution in [2.24, 2.45) is 0 Å². The van der Waals surface area contributed by atoms with E-state index in [1.165, 1.54) is 49.5 Å². The standard InChI is InChI=1S/C27H25BClFN2O7S/c1-31-27(33)25-21-12-20(15-2-3-15)17(10-24(21)39-26(25)16-4-6-18(30)7-5-16)13-32(40(36)37)19-8-9-23(22(29)11-19)38-14-28(34)35/h4-12,15,34-35H,2-3,13-14H2,1H3,(H,31,33)(H,36,37)/p-1. The Hall–Kier alpha value is -3.42. The molecule has 1 aliphatic rings. The van der Waals surface area contributed by atoms with Gasteiger partial charge in [0, 0.05) is 29.3 Å². The average Bonchev–Trinajstić information content (AvgIpc) is 3.70. The van der Waals surface area contributed by atoms with Crippen molar-refractivity contribution in [2.75, 3.05) is 17.9 Å². The quantitative estimate of drug-likeness (QED) is 0.186. The number of fused-ring (bicyclic) bond motifs is 1. The molecule has 1 aliphatic carbocycles. The summed E-state index contributed by atoms with van der Waals surface area (Å²) in [4.78, 5) is 12.9. The van der Waals surface area contributed by atoms with Gasteiger partial charge in [-0.1, -0.05) is 11.6 Å². The summed E-state index contributed by atoms with van der Waals surface area (Å²) < 4.78 is 50.8. The Morgan fingerprint density at radius 3 is 2.55 bits per heavy atom. The fourth-order valence-electron chi connectivity index (χ4n) is 4.58. The van der Waals surface area contributed by atoms with E-state index in [9.17, 15) is 17.9 Å². The fourth-order valence-corrected chi connectivity index (χ4v) is 5.34. The summed E-state index contributed by atoms with van der Waals surface area (Å²) in [5, 5.41) is 21.4. The number of rotatable bonds is 10. The maximum atomic E-state index is 13.6. The summed E-state index contributed by atoms with van der Waals surface area (Å²) >= 11 is 3.59. The zero-order chi connectivity index (χ0) is 28.6. The van der Waals surface area contributed by atoms with Crippen LogP contribution in [-0.4, -0.2) is 45.4 Å². The molecule has 1 unspecified atom stereocenters. The number of anilines is 1. The molecule has 1 atom stereocenters. The molecule has 208 valence electrons. The van der Waals surface area contributed by atoms with Gasteiger partial charge in [-0.15, -0.1) is 0 Å². The van der Waals surface area contributed by atoms with E-state index in [1.807, 2.05) is 6.07 Å². The van der Waals surface area contributed by atoms with Gasteiger partial charge in [0.05, 0.1) is 22.8 Å². The fraction of sp³-hybridized carbons (Fsp3) is 0.222. The molecular weight excluding hydrogens is 562 g/mol. The van der Waals surface area contributed by atoms with Gasteiger partial charge in [-0.05, 0) is 84.5 Å². The topological polar surface area (TPSA) is 135 Å². The van der Waals surface area contributed by atoms with E-state index in [0.717, 1.165) is 22.7 Å². The summed E-state index contributed by atoms with van der Waals surface area (Å²) in [7, 11) is -0.174. The maximum Gasteiger partial charge on any atom is 0.491 e. The van der Waals surface area contributed by atoms with Gasteiger partial charge in [0.2, 0.25) is 0 Å². The van der Waals surface area contributed by atoms with Crippen molar-refractivity contribution >= 4 is 52.5 Å². The van der Waals surface area contributed by atoms with Crippen LogP contribution in [0.4, 0.5) is 10.1 Å². The highest BCUT2D eigenvalue weighted by molar-refractivity contribution is 7.80. The molecule has 3 N–H and O–H groups in total. The lowest BCUT2D eigenvalue weighted by Gasteiger charge is -2.28. The summed E-state index contributed by atoms with van der Waals surface area (Å²) in [6.07, 6.45) is 1.84. The molecule has 13 heteroatoms. The van der Waals surface area contributed by atoms with E-state index >= 15 is 0 Å². The van der Waals surface area contributed by atoms with E-state index in [-0.39, 0.29) is 40.6 Å². The molecule has 1 saturated carbocycles. The van der Waals surface area contributed by atoms with Gasteiger partial charge >= 0.3 is 7.12 Å². The van der Waals surface area contributed by atoms with Crippen molar-refractivity contribution in [3.05, 3.63) is 82.1 Å². The molecule has 9 nitrogen and oxygen atoms in total. The van der Waals surface area contributed by atoms with Gasteiger partial charge < -0.3 is 29.1 Å². The largest absolute Gasteiger partial charge is 0.755 e. The third kappa shape index (κ3) is 5.86. The summed E-state index contributed by atoms with van der Waals surface area (Å²) in [6.45, 7) is -0.437. The van der Waals surface area contributed by atoms with Crippen LogP contribution in [0.5, 0.6) is 5.75 Å². The lowest BCUT2D eigenvalue weighted by atomic mass is 9.95. The lowest BCUT2D eigenvalue weighted by Crippen LogP contribution is -2.25. The van der Waals surface area contributed by atoms with Gasteiger partial charge in [0.1, 0.15) is 29.4 Å². The van der Waals surface area contributed by atoms with E-state index < -0.39 is 30.7 Å². The molecule has 0 spiro atoms. The number of amides is 1. The van der Waals surface area contributed by atoms with Gasteiger partial charge in [-0.3, -0.25) is 13.3 Å². The normalized spacial score (nSPS) is 13.8. The smallest absolute Gasteiger partial charge is 0.491 e. The second-order valence-electron chi connectivity index (χ2n) is 9.37. The SMILES string of the molecule is CNC(=O)c1c(-c2ccc(F)cc2)oc2cc(CN(c3ccc(OCB(O)O)c(Cl)c3)S(=O)[O-])c(C3CC3)cc12. The molecule has 1 aromatic heterocycles. The molecule has 0 saturated heterocycles. The zero-order valence-electron chi connectivity index (χ0n) is 21.2. The van der Waals surface area contributed by atoms with E-state index in [1.54, 1.807) is 6.07 Å². The molecule has 0 bridgehead atoms. The lowest BCUT2D eigenvalue weighted by molar-refractivity contribution is 0.0964. The van der Waals surface area contributed by atoms with Crippen molar-refractivity contribution in [2.45, 2.75) is 25.3 Å². The van der Waals surface area contributed by atoms with E-state index in [2.05, 4.69) is 5.32 Å². The molecule has 0 aliphatic heterocycles. The number of ether oxygens (including phenoxy) is 1. The second kappa shape index (κ2) is 11.6. The summed E-state index contributed by atoms with van der Waals surface area (Å²) in [5.41, 5.74) is 3.10. The van der Waals surface area contributed by atoms with Crippen molar-refractivity contribution in [1.82, 2.24) is 5.32 Å². The third-order valence-corrected chi connectivity index (χ3v) is 7.61. The zero-order valence-corrected chi connectivity index (χ0v) is 22.8. The Labute approximate surface area is 237 Å². The molecule has 1 heterocycles. The first-order chi connectivity index (χ1) is 19.2. The first kappa shape index (κ1) is 28.1. The minimum Gasteiger partial charge on any atom is -0.755 e.